The summed E-state index contributed by atoms with van der Waals surface area (Å²) < 4.78 is 0. The van der Waals surface area contributed by atoms with E-state index in [1.54, 1.807) is 0 Å². The van der Waals surface area contributed by atoms with Gasteiger partial charge in [0.2, 0.25) is 0 Å². The molecule has 1 unspecified atom stereocenters. The van der Waals surface area contributed by atoms with Crippen LogP contribution in [0.2, 0.25) is 0 Å². The van der Waals surface area contributed by atoms with Gasteiger partial charge in [0.25, 0.3) is 0 Å². The van der Waals surface area contributed by atoms with Crippen LogP contribution in [-0.4, -0.2) is 26.2 Å². The van der Waals surface area contributed by atoms with Gasteiger partial charge >= 0.3 is 0 Å². The molecule has 0 radical (unpaired) electrons. The zero-order valence-electron chi connectivity index (χ0n) is 7.53. The summed E-state index contributed by atoms with van der Waals surface area (Å²) in [4.78, 5) is 0. The smallest absolute Gasteiger partial charge is 0.000790 e. The van der Waals surface area contributed by atoms with Gasteiger partial charge < -0.3 is 10.6 Å². The molecule has 66 valence electrons. The Kier molecular flexibility index (Phi) is 4.55. The fourth-order valence-corrected chi connectivity index (χ4v) is 1.50. The molecule has 1 aliphatic rings. The molecule has 1 heterocycles. The van der Waals surface area contributed by atoms with Crippen molar-refractivity contribution in [1.82, 2.24) is 10.6 Å². The molecule has 2 heteroatoms. The van der Waals surface area contributed by atoms with Crippen LogP contribution in [0.5, 0.6) is 0 Å². The quantitative estimate of drug-likeness (QED) is 0.580. The van der Waals surface area contributed by atoms with Crippen LogP contribution in [0.4, 0.5) is 0 Å². The molecule has 0 aromatic carbocycles. The highest BCUT2D eigenvalue weighted by atomic mass is 14.9. The lowest BCUT2D eigenvalue weighted by molar-refractivity contribution is 0.506. The first kappa shape index (κ1) is 9.01. The van der Waals surface area contributed by atoms with E-state index in [4.69, 9.17) is 0 Å². The molecule has 2 N–H and O–H groups in total. The highest BCUT2D eigenvalue weighted by molar-refractivity contribution is 4.72. The third kappa shape index (κ3) is 3.73. The van der Waals surface area contributed by atoms with Gasteiger partial charge in [-0.25, -0.2) is 0 Å². The van der Waals surface area contributed by atoms with Crippen molar-refractivity contribution in [3.05, 3.63) is 0 Å². The third-order valence-electron chi connectivity index (χ3n) is 2.30. The number of unbranched alkanes of at least 4 members (excludes halogenated alkanes) is 1. The van der Waals surface area contributed by atoms with Gasteiger partial charge in [-0.3, -0.25) is 0 Å². The Morgan fingerprint density at radius 3 is 3.09 bits per heavy atom. The minimum absolute atomic E-state index is 0.895. The van der Waals surface area contributed by atoms with E-state index in [-0.39, 0.29) is 0 Å². The molecule has 0 spiro atoms. The molecule has 0 amide bonds. The Balaban J connectivity index is 1.86. The van der Waals surface area contributed by atoms with Crippen LogP contribution in [0.25, 0.3) is 0 Å². The summed E-state index contributed by atoms with van der Waals surface area (Å²) in [5.41, 5.74) is 0. The van der Waals surface area contributed by atoms with Gasteiger partial charge in [0.15, 0.2) is 0 Å². The molecule has 0 aromatic rings. The molecule has 0 bridgehead atoms. The van der Waals surface area contributed by atoms with Crippen LogP contribution in [-0.2, 0) is 0 Å². The summed E-state index contributed by atoms with van der Waals surface area (Å²) in [6, 6.07) is 0. The molecule has 1 rings (SSSR count). The van der Waals surface area contributed by atoms with Crippen LogP contribution in [0, 0.1) is 5.92 Å². The van der Waals surface area contributed by atoms with E-state index >= 15 is 0 Å². The van der Waals surface area contributed by atoms with E-state index in [2.05, 4.69) is 17.6 Å². The molecule has 1 saturated heterocycles. The first-order valence-corrected chi connectivity index (χ1v) is 4.85. The van der Waals surface area contributed by atoms with E-state index in [1.807, 2.05) is 0 Å². The summed E-state index contributed by atoms with van der Waals surface area (Å²) in [5.74, 6) is 0.895. The van der Waals surface area contributed by atoms with Gasteiger partial charge in [0.1, 0.15) is 0 Å². The highest BCUT2D eigenvalue weighted by Crippen LogP contribution is 2.04. The Morgan fingerprint density at radius 1 is 1.55 bits per heavy atom. The molecule has 1 atom stereocenters. The predicted octanol–water partition coefficient (Wildman–Crippen LogP) is 0.986. The van der Waals surface area contributed by atoms with E-state index in [9.17, 15) is 0 Å². The second-order valence-electron chi connectivity index (χ2n) is 3.42. The van der Waals surface area contributed by atoms with Gasteiger partial charge in [-0.1, -0.05) is 13.3 Å². The van der Waals surface area contributed by atoms with Crippen molar-refractivity contribution in [2.45, 2.75) is 26.2 Å². The molecule has 0 aliphatic carbocycles. The lowest BCUT2D eigenvalue weighted by atomic mass is 10.1. The van der Waals surface area contributed by atoms with E-state index in [0.717, 1.165) is 5.92 Å². The Morgan fingerprint density at radius 2 is 2.45 bits per heavy atom. The van der Waals surface area contributed by atoms with Crippen molar-refractivity contribution in [2.75, 3.05) is 26.2 Å². The Bertz CT molecular complexity index is 87.6. The first-order valence-electron chi connectivity index (χ1n) is 4.85. The summed E-state index contributed by atoms with van der Waals surface area (Å²) in [7, 11) is 0. The van der Waals surface area contributed by atoms with Crippen molar-refractivity contribution in [3.8, 4) is 0 Å². The molecule has 1 fully saturated rings. The minimum Gasteiger partial charge on any atom is -0.316 e. The average Bonchev–Trinajstić information content (AvgIpc) is 2.50. The van der Waals surface area contributed by atoms with Crippen molar-refractivity contribution in [2.24, 2.45) is 5.92 Å². The number of hydrogen-bond donors (Lipinski definition) is 2. The molecule has 1 aliphatic heterocycles. The largest absolute Gasteiger partial charge is 0.316 e. The Labute approximate surface area is 69.8 Å². The van der Waals surface area contributed by atoms with E-state index in [1.165, 1.54) is 45.4 Å². The zero-order valence-corrected chi connectivity index (χ0v) is 7.53. The fraction of sp³-hybridized carbons (Fsp3) is 1.00. The predicted molar refractivity (Wildman–Crippen MR) is 48.8 cm³/mol. The SMILES string of the molecule is CCCCNCC1CCNC1. The fourth-order valence-electron chi connectivity index (χ4n) is 1.50. The molecule has 0 aromatic heterocycles. The van der Waals surface area contributed by atoms with Crippen LogP contribution in [0.15, 0.2) is 0 Å². The third-order valence-corrected chi connectivity index (χ3v) is 2.30. The summed E-state index contributed by atoms with van der Waals surface area (Å²) in [6.45, 7) is 7.10. The summed E-state index contributed by atoms with van der Waals surface area (Å²) in [6.07, 6.45) is 3.98. The maximum Gasteiger partial charge on any atom is -0.000790 e. The molecular weight excluding hydrogens is 136 g/mol. The van der Waals surface area contributed by atoms with Crippen LogP contribution < -0.4 is 10.6 Å². The maximum absolute atomic E-state index is 3.49. The average molecular weight is 156 g/mol. The van der Waals surface area contributed by atoms with E-state index < -0.39 is 0 Å². The number of hydrogen-bond acceptors (Lipinski definition) is 2. The lowest BCUT2D eigenvalue weighted by Gasteiger charge is -2.08. The highest BCUT2D eigenvalue weighted by Gasteiger charge is 2.12. The van der Waals surface area contributed by atoms with Crippen molar-refractivity contribution in [3.63, 3.8) is 0 Å². The molecule has 2 nitrogen and oxygen atoms in total. The van der Waals surface area contributed by atoms with Crippen LogP contribution in [0.1, 0.15) is 26.2 Å². The molecule has 0 saturated carbocycles. The molecular formula is C9H20N2. The van der Waals surface area contributed by atoms with Gasteiger partial charge in [0.05, 0.1) is 0 Å². The van der Waals surface area contributed by atoms with Crippen molar-refractivity contribution < 1.29 is 0 Å². The van der Waals surface area contributed by atoms with Gasteiger partial charge in [-0.2, -0.15) is 0 Å². The standard InChI is InChI=1S/C9H20N2/c1-2-3-5-10-7-9-4-6-11-8-9/h9-11H,2-8H2,1H3. The zero-order chi connectivity index (χ0) is 7.94. The minimum atomic E-state index is 0.895. The normalized spacial score (nSPS) is 24.3. The summed E-state index contributed by atoms with van der Waals surface area (Å²) in [5, 5.41) is 6.86. The van der Waals surface area contributed by atoms with Crippen LogP contribution in [0.3, 0.4) is 0 Å². The maximum atomic E-state index is 3.49. The first-order chi connectivity index (χ1) is 5.43. The van der Waals surface area contributed by atoms with Gasteiger partial charge in [-0.05, 0) is 44.9 Å². The second kappa shape index (κ2) is 5.56. The van der Waals surface area contributed by atoms with Crippen molar-refractivity contribution >= 4 is 0 Å². The topological polar surface area (TPSA) is 24.1 Å². The van der Waals surface area contributed by atoms with Crippen molar-refractivity contribution in [1.29, 1.82) is 0 Å². The second-order valence-corrected chi connectivity index (χ2v) is 3.42. The van der Waals surface area contributed by atoms with Gasteiger partial charge in [0, 0.05) is 0 Å². The van der Waals surface area contributed by atoms with Crippen LogP contribution >= 0.6 is 0 Å². The van der Waals surface area contributed by atoms with E-state index in [0.29, 0.717) is 0 Å². The number of nitrogens with one attached hydrogen (secondary N) is 2. The number of rotatable bonds is 5. The lowest BCUT2D eigenvalue weighted by Crippen LogP contribution is -2.25. The monoisotopic (exact) mass is 156 g/mol. The summed E-state index contributed by atoms with van der Waals surface area (Å²) >= 11 is 0. The molecule has 11 heavy (non-hydrogen) atoms. The Hall–Kier alpha value is -0.0800. The van der Waals surface area contributed by atoms with Gasteiger partial charge in [-0.15, -0.1) is 0 Å².